The summed E-state index contributed by atoms with van der Waals surface area (Å²) < 4.78 is 0. The highest BCUT2D eigenvalue weighted by Gasteiger charge is 2.10. The van der Waals surface area contributed by atoms with Crippen molar-refractivity contribution >= 4 is 6.08 Å². The Morgan fingerprint density at radius 2 is 2.12 bits per heavy atom. The van der Waals surface area contributed by atoms with Crippen molar-refractivity contribution in [2.75, 3.05) is 0 Å². The van der Waals surface area contributed by atoms with E-state index in [1.54, 1.807) is 6.33 Å². The third kappa shape index (κ3) is 1.78. The minimum atomic E-state index is 0.994. The Morgan fingerprint density at radius 3 is 3.00 bits per heavy atom. The van der Waals surface area contributed by atoms with Gasteiger partial charge in [0.1, 0.15) is 0 Å². The van der Waals surface area contributed by atoms with E-state index in [0.717, 1.165) is 19.3 Å². The number of aromatic nitrogens is 2. The first-order valence-electron chi connectivity index (χ1n) is 5.66. The number of allylic oxidation sites excluding steroid dienone is 1. The second-order valence-electron chi connectivity index (χ2n) is 4.26. The summed E-state index contributed by atoms with van der Waals surface area (Å²) in [4.78, 5) is 7.21. The molecule has 3 rings (SSSR count). The molecule has 0 bridgehead atoms. The molecule has 0 radical (unpaired) electrons. The van der Waals surface area contributed by atoms with Gasteiger partial charge in [-0.15, -0.1) is 0 Å². The van der Waals surface area contributed by atoms with Crippen molar-refractivity contribution in [3.05, 3.63) is 59.2 Å². The van der Waals surface area contributed by atoms with Crippen molar-refractivity contribution in [3.8, 4) is 0 Å². The van der Waals surface area contributed by atoms with Gasteiger partial charge in [-0.1, -0.05) is 35.9 Å². The average Bonchev–Trinajstić information content (AvgIpc) is 2.82. The van der Waals surface area contributed by atoms with E-state index < -0.39 is 0 Å². The summed E-state index contributed by atoms with van der Waals surface area (Å²) in [6, 6.07) is 8.64. The van der Waals surface area contributed by atoms with Gasteiger partial charge in [-0.25, -0.2) is 4.98 Å². The Labute approximate surface area is 95.0 Å². The van der Waals surface area contributed by atoms with Crippen LogP contribution in [0.4, 0.5) is 0 Å². The summed E-state index contributed by atoms with van der Waals surface area (Å²) in [6.45, 7) is 0. The molecule has 0 atom stereocenters. The lowest BCUT2D eigenvalue weighted by Gasteiger charge is -2.15. The maximum Gasteiger partial charge on any atom is 0.0921 e. The van der Waals surface area contributed by atoms with Crippen LogP contribution in [-0.2, 0) is 12.8 Å². The van der Waals surface area contributed by atoms with Gasteiger partial charge in [0.15, 0.2) is 0 Å². The zero-order valence-corrected chi connectivity index (χ0v) is 9.11. The van der Waals surface area contributed by atoms with E-state index in [9.17, 15) is 0 Å². The topological polar surface area (TPSA) is 28.7 Å². The summed E-state index contributed by atoms with van der Waals surface area (Å²) >= 11 is 0. The quantitative estimate of drug-likeness (QED) is 0.811. The van der Waals surface area contributed by atoms with Crippen LogP contribution in [0.25, 0.3) is 6.08 Å². The van der Waals surface area contributed by atoms with Crippen LogP contribution < -0.4 is 0 Å². The Balaban J connectivity index is 1.86. The normalized spacial score (nSPS) is 14.4. The number of hydrogen-bond donors (Lipinski definition) is 1. The Kier molecular flexibility index (Phi) is 2.33. The predicted molar refractivity (Wildman–Crippen MR) is 65.0 cm³/mol. The Hall–Kier alpha value is -1.83. The molecule has 1 aromatic heterocycles. The molecule has 0 fully saturated rings. The molecule has 1 aromatic carbocycles. The van der Waals surface area contributed by atoms with Gasteiger partial charge >= 0.3 is 0 Å². The number of H-pyrrole nitrogens is 1. The van der Waals surface area contributed by atoms with Crippen molar-refractivity contribution in [1.82, 2.24) is 9.97 Å². The first-order valence-corrected chi connectivity index (χ1v) is 5.66. The van der Waals surface area contributed by atoms with Crippen molar-refractivity contribution in [2.24, 2.45) is 0 Å². The maximum absolute atomic E-state index is 4.05. The number of imidazole rings is 1. The zero-order chi connectivity index (χ0) is 10.8. The predicted octanol–water partition coefficient (Wildman–Crippen LogP) is 2.98. The number of aromatic amines is 1. The third-order valence-corrected chi connectivity index (χ3v) is 3.10. The number of benzene rings is 1. The molecule has 0 saturated carbocycles. The molecule has 16 heavy (non-hydrogen) atoms. The SMILES string of the molecule is C1=C(Cc2cnc[nH]2)CCc2ccccc21. The van der Waals surface area contributed by atoms with Crippen LogP contribution in [0.1, 0.15) is 23.2 Å². The second kappa shape index (κ2) is 3.97. The molecule has 0 unspecified atom stereocenters. The van der Waals surface area contributed by atoms with Crippen LogP contribution >= 0.6 is 0 Å². The molecule has 1 aliphatic rings. The smallest absolute Gasteiger partial charge is 0.0921 e. The van der Waals surface area contributed by atoms with E-state index in [-0.39, 0.29) is 0 Å². The first-order chi connectivity index (χ1) is 7.92. The van der Waals surface area contributed by atoms with Gasteiger partial charge in [-0.2, -0.15) is 0 Å². The number of nitrogens with zero attached hydrogens (tertiary/aromatic N) is 1. The largest absolute Gasteiger partial charge is 0.348 e. The molecule has 2 nitrogen and oxygen atoms in total. The van der Waals surface area contributed by atoms with Crippen molar-refractivity contribution in [3.63, 3.8) is 0 Å². The van der Waals surface area contributed by atoms with E-state index in [2.05, 4.69) is 40.3 Å². The standard InChI is InChI=1S/C14H14N2/c1-2-4-13-7-11(5-6-12(13)3-1)8-14-9-15-10-16-14/h1-4,7,9-10H,5-6,8H2,(H,15,16). The molecule has 0 saturated heterocycles. The van der Waals surface area contributed by atoms with Gasteiger partial charge < -0.3 is 4.98 Å². The van der Waals surface area contributed by atoms with E-state index >= 15 is 0 Å². The zero-order valence-electron chi connectivity index (χ0n) is 9.11. The van der Waals surface area contributed by atoms with E-state index in [1.807, 2.05) is 6.20 Å². The minimum Gasteiger partial charge on any atom is -0.348 e. The van der Waals surface area contributed by atoms with Gasteiger partial charge in [-0.05, 0) is 24.0 Å². The number of fused-ring (bicyclic) bond motifs is 1. The molecule has 80 valence electrons. The summed E-state index contributed by atoms with van der Waals surface area (Å²) in [5, 5.41) is 0. The fourth-order valence-corrected chi connectivity index (χ4v) is 2.26. The van der Waals surface area contributed by atoms with Crippen LogP contribution in [0, 0.1) is 0 Å². The van der Waals surface area contributed by atoms with Crippen LogP contribution in [0.5, 0.6) is 0 Å². The van der Waals surface area contributed by atoms with Crippen molar-refractivity contribution in [2.45, 2.75) is 19.3 Å². The first kappa shape index (κ1) is 9.40. The lowest BCUT2D eigenvalue weighted by Crippen LogP contribution is -2.01. The van der Waals surface area contributed by atoms with Crippen LogP contribution in [0.2, 0.25) is 0 Å². The molecule has 1 heterocycles. The molecule has 0 aliphatic heterocycles. The maximum atomic E-state index is 4.05. The minimum absolute atomic E-state index is 0.994. The molecular weight excluding hydrogens is 196 g/mol. The average molecular weight is 210 g/mol. The van der Waals surface area contributed by atoms with Gasteiger partial charge in [0.2, 0.25) is 0 Å². The van der Waals surface area contributed by atoms with Gasteiger partial charge in [0.25, 0.3) is 0 Å². The number of aryl methyl sites for hydroxylation is 1. The highest BCUT2D eigenvalue weighted by Crippen LogP contribution is 2.25. The van der Waals surface area contributed by atoms with E-state index in [0.29, 0.717) is 0 Å². The summed E-state index contributed by atoms with van der Waals surface area (Å²) in [5.41, 5.74) is 5.53. The van der Waals surface area contributed by atoms with E-state index in [1.165, 1.54) is 22.4 Å². The lowest BCUT2D eigenvalue weighted by atomic mass is 9.90. The number of hydrogen-bond acceptors (Lipinski definition) is 1. The number of nitrogens with one attached hydrogen (secondary N) is 1. The fourth-order valence-electron chi connectivity index (χ4n) is 2.26. The Morgan fingerprint density at radius 1 is 1.19 bits per heavy atom. The summed E-state index contributed by atoms with van der Waals surface area (Å²) in [7, 11) is 0. The lowest BCUT2D eigenvalue weighted by molar-refractivity contribution is 0.878. The molecule has 0 amide bonds. The highest BCUT2D eigenvalue weighted by atomic mass is 14.9. The molecular formula is C14H14N2. The van der Waals surface area contributed by atoms with Crippen LogP contribution in [-0.4, -0.2) is 9.97 Å². The molecule has 2 aromatic rings. The van der Waals surface area contributed by atoms with Crippen molar-refractivity contribution in [1.29, 1.82) is 0 Å². The molecule has 1 N–H and O–H groups in total. The van der Waals surface area contributed by atoms with E-state index in [4.69, 9.17) is 0 Å². The Bertz CT molecular complexity index is 509. The molecule has 2 heteroatoms. The van der Waals surface area contributed by atoms with Gasteiger partial charge in [-0.3, -0.25) is 0 Å². The summed E-state index contributed by atoms with van der Waals surface area (Å²) in [6.07, 6.45) is 9.29. The van der Waals surface area contributed by atoms with Crippen molar-refractivity contribution < 1.29 is 0 Å². The van der Waals surface area contributed by atoms with Crippen LogP contribution in [0.15, 0.2) is 42.4 Å². The molecule has 0 spiro atoms. The van der Waals surface area contributed by atoms with Gasteiger partial charge in [0, 0.05) is 18.3 Å². The van der Waals surface area contributed by atoms with Gasteiger partial charge in [0.05, 0.1) is 6.33 Å². The monoisotopic (exact) mass is 210 g/mol. The summed E-state index contributed by atoms with van der Waals surface area (Å²) in [5.74, 6) is 0. The highest BCUT2D eigenvalue weighted by molar-refractivity contribution is 5.59. The fraction of sp³-hybridized carbons (Fsp3) is 0.214. The van der Waals surface area contributed by atoms with Crippen LogP contribution in [0.3, 0.4) is 0 Å². The number of rotatable bonds is 2. The molecule has 1 aliphatic carbocycles. The second-order valence-corrected chi connectivity index (χ2v) is 4.26. The third-order valence-electron chi connectivity index (χ3n) is 3.10.